The van der Waals surface area contributed by atoms with E-state index in [0.717, 1.165) is 12.8 Å². The maximum atomic E-state index is 11.5. The summed E-state index contributed by atoms with van der Waals surface area (Å²) in [6.07, 6.45) is 18.3. The lowest BCUT2D eigenvalue weighted by Crippen LogP contribution is -2.09. The van der Waals surface area contributed by atoms with Crippen LogP contribution in [0.2, 0.25) is 0 Å². The number of hydrogen-bond donors (Lipinski definition) is 0. The molecule has 0 amide bonds. The molecule has 0 aromatic heterocycles. The number of carbonyl (C=O) groups excluding carboxylic acids is 1. The van der Waals surface area contributed by atoms with Gasteiger partial charge in [0.1, 0.15) is 0 Å². The topological polar surface area (TPSA) is 38.8 Å². The number of carbonyl (C=O) groups is 1. The van der Waals surface area contributed by atoms with Crippen molar-refractivity contribution < 1.29 is 14.3 Å². The van der Waals surface area contributed by atoms with Gasteiger partial charge in [-0.1, -0.05) is 85.0 Å². The molecule has 0 aliphatic carbocycles. The molecule has 0 bridgehead atoms. The molecule has 0 aromatic carbocycles. The van der Waals surface area contributed by atoms with Gasteiger partial charge in [-0.3, -0.25) is 4.79 Å². The highest BCUT2D eigenvalue weighted by Gasteiger charge is 2.36. The Balaban J connectivity index is 1.79. The van der Waals surface area contributed by atoms with Crippen molar-refractivity contribution in [1.82, 2.24) is 0 Å². The van der Waals surface area contributed by atoms with Gasteiger partial charge in [0, 0.05) is 6.42 Å². The van der Waals surface area contributed by atoms with E-state index >= 15 is 0 Å². The van der Waals surface area contributed by atoms with Crippen LogP contribution in [0, 0.1) is 5.92 Å². The van der Waals surface area contributed by atoms with Crippen molar-refractivity contribution in [3.63, 3.8) is 0 Å². The van der Waals surface area contributed by atoms with E-state index in [2.05, 4.69) is 20.8 Å². The predicted molar refractivity (Wildman–Crippen MR) is 105 cm³/mol. The summed E-state index contributed by atoms with van der Waals surface area (Å²) in [6, 6.07) is 0. The molecule has 1 aliphatic rings. The van der Waals surface area contributed by atoms with Crippen molar-refractivity contribution in [1.29, 1.82) is 0 Å². The van der Waals surface area contributed by atoms with Crippen molar-refractivity contribution in [3.05, 3.63) is 0 Å². The van der Waals surface area contributed by atoms with Crippen LogP contribution >= 0.6 is 0 Å². The lowest BCUT2D eigenvalue weighted by atomic mass is 10.0. The predicted octanol–water partition coefficient (Wildman–Crippen LogP) is 6.43. The minimum absolute atomic E-state index is 0.0300. The quantitative estimate of drug-likeness (QED) is 0.171. The van der Waals surface area contributed by atoms with Gasteiger partial charge in [-0.05, 0) is 25.2 Å². The Kier molecular flexibility index (Phi) is 13.1. The zero-order valence-electron chi connectivity index (χ0n) is 17.1. The van der Waals surface area contributed by atoms with Gasteiger partial charge in [-0.15, -0.1) is 0 Å². The second-order valence-corrected chi connectivity index (χ2v) is 8.15. The Labute approximate surface area is 156 Å². The van der Waals surface area contributed by atoms with Crippen LogP contribution in [-0.4, -0.2) is 24.8 Å². The van der Waals surface area contributed by atoms with E-state index in [-0.39, 0.29) is 5.97 Å². The van der Waals surface area contributed by atoms with Crippen LogP contribution in [0.25, 0.3) is 0 Å². The molecule has 0 unspecified atom stereocenters. The summed E-state index contributed by atoms with van der Waals surface area (Å²) in [5, 5.41) is 0. The zero-order valence-corrected chi connectivity index (χ0v) is 17.1. The summed E-state index contributed by atoms with van der Waals surface area (Å²) in [7, 11) is 0. The lowest BCUT2D eigenvalue weighted by molar-refractivity contribution is -0.144. The Hall–Kier alpha value is -0.570. The average molecular weight is 355 g/mol. The van der Waals surface area contributed by atoms with Crippen LogP contribution in [0.4, 0.5) is 0 Å². The van der Waals surface area contributed by atoms with E-state index in [0.29, 0.717) is 31.2 Å². The molecule has 1 saturated heterocycles. The molecule has 3 heteroatoms. The molecule has 0 N–H and O–H groups in total. The number of unbranched alkanes of at least 4 members (excludes halogenated alkanes) is 9. The highest BCUT2D eigenvalue weighted by atomic mass is 16.6. The summed E-state index contributed by atoms with van der Waals surface area (Å²) in [5.41, 5.74) is 0. The maximum absolute atomic E-state index is 11.5. The van der Waals surface area contributed by atoms with Crippen LogP contribution < -0.4 is 0 Å². The van der Waals surface area contributed by atoms with Crippen LogP contribution in [0.3, 0.4) is 0 Å². The molecular weight excluding hydrogens is 312 g/mol. The second kappa shape index (κ2) is 14.6. The fourth-order valence-corrected chi connectivity index (χ4v) is 3.29. The molecule has 2 atom stereocenters. The highest BCUT2D eigenvalue weighted by molar-refractivity contribution is 5.69. The maximum Gasteiger partial charge on any atom is 0.305 e. The van der Waals surface area contributed by atoms with Gasteiger partial charge >= 0.3 is 5.97 Å². The van der Waals surface area contributed by atoms with Gasteiger partial charge in [-0.2, -0.15) is 0 Å². The summed E-state index contributed by atoms with van der Waals surface area (Å²) < 4.78 is 11.0. The highest BCUT2D eigenvalue weighted by Crippen LogP contribution is 2.31. The van der Waals surface area contributed by atoms with E-state index in [9.17, 15) is 4.79 Å². The minimum atomic E-state index is -0.0300. The first-order chi connectivity index (χ1) is 12.1. The average Bonchev–Trinajstić information content (AvgIpc) is 3.33. The minimum Gasteiger partial charge on any atom is -0.465 e. The Morgan fingerprint density at radius 1 is 0.840 bits per heavy atom. The van der Waals surface area contributed by atoms with E-state index in [4.69, 9.17) is 9.47 Å². The van der Waals surface area contributed by atoms with Crippen molar-refractivity contribution in [2.24, 2.45) is 5.92 Å². The second-order valence-electron chi connectivity index (χ2n) is 8.15. The lowest BCUT2D eigenvalue weighted by Gasteiger charge is -2.06. The summed E-state index contributed by atoms with van der Waals surface area (Å²) in [4.78, 5) is 11.5. The van der Waals surface area contributed by atoms with Gasteiger partial charge in [-0.25, -0.2) is 0 Å². The molecule has 1 heterocycles. The number of epoxide rings is 1. The fourth-order valence-electron chi connectivity index (χ4n) is 3.29. The molecule has 0 aromatic rings. The Bertz CT molecular complexity index is 327. The first-order valence-electron chi connectivity index (χ1n) is 10.9. The summed E-state index contributed by atoms with van der Waals surface area (Å²) in [6.45, 7) is 6.95. The van der Waals surface area contributed by atoms with E-state index < -0.39 is 0 Å². The molecule has 3 nitrogen and oxygen atoms in total. The van der Waals surface area contributed by atoms with Gasteiger partial charge < -0.3 is 9.47 Å². The molecule has 25 heavy (non-hydrogen) atoms. The summed E-state index contributed by atoms with van der Waals surface area (Å²) in [5.74, 6) is 0.399. The molecule has 1 rings (SSSR count). The molecule has 0 radical (unpaired) electrons. The Morgan fingerprint density at radius 3 is 1.92 bits per heavy atom. The third kappa shape index (κ3) is 13.3. The van der Waals surface area contributed by atoms with Gasteiger partial charge in [0.05, 0.1) is 18.8 Å². The van der Waals surface area contributed by atoms with Crippen molar-refractivity contribution in [3.8, 4) is 0 Å². The SMILES string of the molecule is CCCCCCCC[C@@H]1O[C@@H]1CCCCCCCC(=O)OCC(C)C. The summed E-state index contributed by atoms with van der Waals surface area (Å²) >= 11 is 0. The number of rotatable bonds is 17. The Morgan fingerprint density at radius 2 is 1.36 bits per heavy atom. The number of ether oxygens (including phenoxy) is 2. The molecule has 1 aliphatic heterocycles. The van der Waals surface area contributed by atoms with Crippen LogP contribution in [0.5, 0.6) is 0 Å². The molecule has 1 fully saturated rings. The normalized spacial score (nSPS) is 19.4. The third-order valence-electron chi connectivity index (χ3n) is 4.98. The first-order valence-corrected chi connectivity index (χ1v) is 10.9. The van der Waals surface area contributed by atoms with Crippen molar-refractivity contribution >= 4 is 5.97 Å². The number of esters is 1. The van der Waals surface area contributed by atoms with E-state index in [1.807, 2.05) is 0 Å². The van der Waals surface area contributed by atoms with E-state index in [1.54, 1.807) is 0 Å². The van der Waals surface area contributed by atoms with Crippen molar-refractivity contribution in [2.45, 2.75) is 123 Å². The number of hydrogen-bond acceptors (Lipinski definition) is 3. The van der Waals surface area contributed by atoms with Gasteiger partial charge in [0.2, 0.25) is 0 Å². The third-order valence-corrected chi connectivity index (χ3v) is 4.98. The molecule has 0 saturated carbocycles. The van der Waals surface area contributed by atoms with Crippen LogP contribution in [0.1, 0.15) is 111 Å². The zero-order chi connectivity index (χ0) is 18.3. The van der Waals surface area contributed by atoms with Crippen molar-refractivity contribution in [2.75, 3.05) is 6.61 Å². The smallest absolute Gasteiger partial charge is 0.305 e. The van der Waals surface area contributed by atoms with Crippen LogP contribution in [0.15, 0.2) is 0 Å². The molecule has 148 valence electrons. The van der Waals surface area contributed by atoms with E-state index in [1.165, 1.54) is 70.6 Å². The molecular formula is C22H42O3. The van der Waals surface area contributed by atoms with Gasteiger partial charge in [0.25, 0.3) is 0 Å². The standard InChI is InChI=1S/C22H42O3/c1-4-5-6-7-9-12-15-20-21(25-20)16-13-10-8-11-14-17-22(23)24-18-19(2)3/h19-21H,4-18H2,1-3H3/t20-,21+/m0/s1. The van der Waals surface area contributed by atoms with Gasteiger partial charge in [0.15, 0.2) is 0 Å². The largest absolute Gasteiger partial charge is 0.465 e. The van der Waals surface area contributed by atoms with Crippen LogP contribution in [-0.2, 0) is 14.3 Å². The fraction of sp³-hybridized carbons (Fsp3) is 0.955. The monoisotopic (exact) mass is 354 g/mol. The first kappa shape index (κ1) is 22.5. The molecule has 0 spiro atoms.